The van der Waals surface area contributed by atoms with Gasteiger partial charge >= 0.3 is 0 Å². The van der Waals surface area contributed by atoms with E-state index in [1.54, 1.807) is 12.3 Å². The molecule has 2 rings (SSSR count). The number of nitro groups is 1. The lowest BCUT2D eigenvalue weighted by Crippen LogP contribution is -1.91. The second-order valence-corrected chi connectivity index (χ2v) is 3.97. The van der Waals surface area contributed by atoms with Crippen molar-refractivity contribution in [3.63, 3.8) is 0 Å². The number of aromatic nitrogens is 2. The van der Waals surface area contributed by atoms with Crippen molar-refractivity contribution >= 4 is 21.6 Å². The minimum atomic E-state index is -0.516. The van der Waals surface area contributed by atoms with Crippen molar-refractivity contribution in [1.82, 2.24) is 9.97 Å². The van der Waals surface area contributed by atoms with Gasteiger partial charge in [0.2, 0.25) is 5.88 Å². The van der Waals surface area contributed by atoms with Crippen LogP contribution in [-0.4, -0.2) is 14.9 Å². The number of nitrogens with zero attached hydrogens (tertiary/aromatic N) is 3. The summed E-state index contributed by atoms with van der Waals surface area (Å²) in [6, 6.07) is 4.48. The number of ether oxygens (including phenoxy) is 1. The highest BCUT2D eigenvalue weighted by Gasteiger charge is 2.06. The summed E-state index contributed by atoms with van der Waals surface area (Å²) >= 11 is 3.25. The quantitative estimate of drug-likeness (QED) is 0.642. The van der Waals surface area contributed by atoms with Crippen molar-refractivity contribution in [2.45, 2.75) is 0 Å². The van der Waals surface area contributed by atoms with E-state index >= 15 is 0 Å². The molecule has 0 aliphatic carbocycles. The lowest BCUT2D eigenvalue weighted by Gasteiger charge is -2.03. The van der Waals surface area contributed by atoms with Crippen molar-refractivity contribution in [3.05, 3.63) is 51.4 Å². The number of hydrogen-bond donors (Lipinski definition) is 0. The molecule has 0 aliphatic heterocycles. The zero-order valence-electron chi connectivity index (χ0n) is 8.41. The fourth-order valence-corrected chi connectivity index (χ4v) is 1.45. The average Bonchev–Trinajstić information content (AvgIpc) is 2.29. The summed E-state index contributed by atoms with van der Waals surface area (Å²) in [6.45, 7) is 0. The fraction of sp³-hybridized carbons (Fsp3) is 0. The maximum atomic E-state index is 10.4. The zero-order valence-corrected chi connectivity index (χ0v) is 9.99. The Morgan fingerprint density at radius 2 is 2.12 bits per heavy atom. The lowest BCUT2D eigenvalue weighted by atomic mass is 10.4. The van der Waals surface area contributed by atoms with Crippen molar-refractivity contribution in [1.29, 1.82) is 0 Å². The van der Waals surface area contributed by atoms with Crippen LogP contribution >= 0.6 is 15.9 Å². The first-order valence-corrected chi connectivity index (χ1v) is 5.33. The fourth-order valence-electron chi connectivity index (χ4n) is 1.11. The van der Waals surface area contributed by atoms with E-state index in [1.807, 2.05) is 0 Å². The first-order valence-electron chi connectivity index (χ1n) is 4.54. The number of hydrogen-bond acceptors (Lipinski definition) is 5. The van der Waals surface area contributed by atoms with E-state index in [0.717, 1.165) is 10.7 Å². The lowest BCUT2D eigenvalue weighted by molar-refractivity contribution is -0.385. The van der Waals surface area contributed by atoms with E-state index in [-0.39, 0.29) is 11.6 Å². The SMILES string of the molecule is O=[N+]([O-])c1ccc(Oc2cncc(Br)c2)nc1. The molecule has 0 spiro atoms. The highest BCUT2D eigenvalue weighted by Crippen LogP contribution is 2.22. The molecule has 0 aliphatic rings. The molecule has 17 heavy (non-hydrogen) atoms. The highest BCUT2D eigenvalue weighted by atomic mass is 79.9. The van der Waals surface area contributed by atoms with E-state index in [9.17, 15) is 10.1 Å². The summed E-state index contributed by atoms with van der Waals surface area (Å²) in [6.07, 6.45) is 4.28. The summed E-state index contributed by atoms with van der Waals surface area (Å²) in [7, 11) is 0. The van der Waals surface area contributed by atoms with Gasteiger partial charge in [-0.15, -0.1) is 0 Å². The Morgan fingerprint density at radius 1 is 1.29 bits per heavy atom. The summed E-state index contributed by atoms with van der Waals surface area (Å²) in [5.74, 6) is 0.774. The van der Waals surface area contributed by atoms with Crippen LogP contribution in [0.15, 0.2) is 41.3 Å². The normalized spacial score (nSPS) is 9.94. The van der Waals surface area contributed by atoms with Crippen molar-refractivity contribution < 1.29 is 9.66 Å². The molecule has 0 N–H and O–H groups in total. The Morgan fingerprint density at radius 3 is 2.71 bits per heavy atom. The maximum Gasteiger partial charge on any atom is 0.287 e. The Labute approximate surface area is 105 Å². The Hall–Kier alpha value is -2.02. The molecule has 86 valence electrons. The zero-order chi connectivity index (χ0) is 12.3. The molecular weight excluding hydrogens is 290 g/mol. The molecule has 0 saturated carbocycles. The third-order valence-corrected chi connectivity index (χ3v) is 2.27. The van der Waals surface area contributed by atoms with Crippen LogP contribution in [0.2, 0.25) is 0 Å². The molecule has 2 aromatic heterocycles. The molecule has 2 aromatic rings. The van der Waals surface area contributed by atoms with Crippen LogP contribution in [0.4, 0.5) is 5.69 Å². The van der Waals surface area contributed by atoms with Crippen LogP contribution in [0.3, 0.4) is 0 Å². The topological polar surface area (TPSA) is 78.2 Å². The van der Waals surface area contributed by atoms with Gasteiger partial charge in [-0.05, 0) is 22.0 Å². The number of halogens is 1. The van der Waals surface area contributed by atoms with Gasteiger partial charge in [-0.25, -0.2) is 4.98 Å². The summed E-state index contributed by atoms with van der Waals surface area (Å²) in [4.78, 5) is 17.6. The number of pyridine rings is 2. The molecule has 0 radical (unpaired) electrons. The van der Waals surface area contributed by atoms with Crippen molar-refractivity contribution in [2.24, 2.45) is 0 Å². The molecular formula is C10H6BrN3O3. The van der Waals surface area contributed by atoms with Gasteiger partial charge in [0, 0.05) is 22.8 Å². The van der Waals surface area contributed by atoms with Crippen LogP contribution < -0.4 is 4.74 Å². The molecule has 0 fully saturated rings. The van der Waals surface area contributed by atoms with E-state index < -0.39 is 4.92 Å². The molecule has 0 aromatic carbocycles. The minimum absolute atomic E-state index is 0.0790. The maximum absolute atomic E-state index is 10.4. The first kappa shape index (κ1) is 11.5. The molecule has 6 nitrogen and oxygen atoms in total. The first-order chi connectivity index (χ1) is 8.15. The van der Waals surface area contributed by atoms with Crippen LogP contribution in [0.1, 0.15) is 0 Å². The van der Waals surface area contributed by atoms with Gasteiger partial charge in [0.15, 0.2) is 0 Å². The Kier molecular flexibility index (Phi) is 3.29. The third kappa shape index (κ3) is 2.97. The van der Waals surface area contributed by atoms with Crippen LogP contribution in [0.5, 0.6) is 11.6 Å². The van der Waals surface area contributed by atoms with Gasteiger partial charge in [0.05, 0.1) is 11.1 Å². The predicted molar refractivity (Wildman–Crippen MR) is 62.9 cm³/mol. The molecule has 7 heteroatoms. The summed E-state index contributed by atoms with van der Waals surface area (Å²) in [5, 5.41) is 10.4. The van der Waals surface area contributed by atoms with E-state index in [4.69, 9.17) is 4.74 Å². The Bertz CT molecular complexity index is 545. The Balaban J connectivity index is 2.16. The van der Waals surface area contributed by atoms with E-state index in [1.165, 1.54) is 18.3 Å². The second-order valence-electron chi connectivity index (χ2n) is 3.05. The minimum Gasteiger partial charge on any atom is -0.437 e. The van der Waals surface area contributed by atoms with Crippen LogP contribution in [-0.2, 0) is 0 Å². The van der Waals surface area contributed by atoms with Crippen LogP contribution in [0.25, 0.3) is 0 Å². The van der Waals surface area contributed by atoms with E-state index in [0.29, 0.717) is 5.75 Å². The molecule has 0 unspecified atom stereocenters. The molecule has 0 bridgehead atoms. The van der Waals surface area contributed by atoms with Crippen molar-refractivity contribution in [2.75, 3.05) is 0 Å². The average molecular weight is 296 g/mol. The van der Waals surface area contributed by atoms with Crippen LogP contribution in [0, 0.1) is 10.1 Å². The summed E-state index contributed by atoms with van der Waals surface area (Å²) < 4.78 is 6.14. The van der Waals surface area contributed by atoms with E-state index in [2.05, 4.69) is 25.9 Å². The van der Waals surface area contributed by atoms with Gasteiger partial charge in [0.1, 0.15) is 11.9 Å². The molecule has 2 heterocycles. The van der Waals surface area contributed by atoms with Gasteiger partial charge in [-0.2, -0.15) is 0 Å². The number of rotatable bonds is 3. The van der Waals surface area contributed by atoms with Crippen molar-refractivity contribution in [3.8, 4) is 11.6 Å². The van der Waals surface area contributed by atoms with Gasteiger partial charge in [-0.1, -0.05) is 0 Å². The third-order valence-electron chi connectivity index (χ3n) is 1.83. The van der Waals surface area contributed by atoms with Gasteiger partial charge in [-0.3, -0.25) is 15.1 Å². The second kappa shape index (κ2) is 4.88. The monoisotopic (exact) mass is 295 g/mol. The predicted octanol–water partition coefficient (Wildman–Crippen LogP) is 2.94. The smallest absolute Gasteiger partial charge is 0.287 e. The van der Waals surface area contributed by atoms with Gasteiger partial charge < -0.3 is 4.74 Å². The highest BCUT2D eigenvalue weighted by molar-refractivity contribution is 9.10. The summed E-state index contributed by atoms with van der Waals surface area (Å²) in [5.41, 5.74) is -0.0790. The largest absolute Gasteiger partial charge is 0.437 e. The molecule has 0 saturated heterocycles. The standard InChI is InChI=1S/C10H6BrN3O3/c11-7-3-9(6-12-4-7)17-10-2-1-8(5-13-10)14(15)16/h1-6H. The molecule has 0 atom stereocenters. The van der Waals surface area contributed by atoms with Gasteiger partial charge in [0.25, 0.3) is 5.69 Å². The molecule has 0 amide bonds.